The first-order valence-electron chi connectivity index (χ1n) is 8.86. The molecule has 0 aliphatic carbocycles. The molecule has 0 bridgehead atoms. The second kappa shape index (κ2) is 8.10. The van der Waals surface area contributed by atoms with Gasteiger partial charge in [-0.2, -0.15) is 5.10 Å². The zero-order chi connectivity index (χ0) is 17.7. The van der Waals surface area contributed by atoms with Crippen LogP contribution in [-0.4, -0.2) is 65.2 Å². The highest BCUT2D eigenvalue weighted by Gasteiger charge is 2.25. The summed E-state index contributed by atoms with van der Waals surface area (Å²) in [6, 6.07) is 8.39. The van der Waals surface area contributed by atoms with Crippen molar-refractivity contribution < 1.29 is 9.84 Å². The molecule has 3 rings (SSSR count). The van der Waals surface area contributed by atoms with Crippen molar-refractivity contribution in [3.05, 3.63) is 41.6 Å². The highest BCUT2D eigenvalue weighted by Crippen LogP contribution is 2.21. The van der Waals surface area contributed by atoms with Gasteiger partial charge in [-0.05, 0) is 19.4 Å². The Hall–Kier alpha value is -1.73. The van der Waals surface area contributed by atoms with Crippen molar-refractivity contribution in [1.29, 1.82) is 0 Å². The normalized spacial score (nSPS) is 18.2. The van der Waals surface area contributed by atoms with E-state index in [1.54, 1.807) is 0 Å². The third-order valence-corrected chi connectivity index (χ3v) is 4.55. The van der Waals surface area contributed by atoms with Gasteiger partial charge in [0.15, 0.2) is 0 Å². The van der Waals surface area contributed by atoms with E-state index in [1.165, 1.54) is 5.56 Å². The number of hydrogen-bond donors (Lipinski definition) is 3. The van der Waals surface area contributed by atoms with Crippen molar-refractivity contribution in [2.24, 2.45) is 0 Å². The van der Waals surface area contributed by atoms with E-state index in [-0.39, 0.29) is 0 Å². The maximum atomic E-state index is 10.6. The summed E-state index contributed by atoms with van der Waals surface area (Å²) in [4.78, 5) is 2.25. The number of aliphatic hydroxyl groups is 1. The Labute approximate surface area is 149 Å². The van der Waals surface area contributed by atoms with Crippen molar-refractivity contribution >= 4 is 0 Å². The number of H-pyrrole nitrogens is 1. The summed E-state index contributed by atoms with van der Waals surface area (Å²) >= 11 is 0. The number of hydrogen-bond acceptors (Lipinski definition) is 5. The summed E-state index contributed by atoms with van der Waals surface area (Å²) in [5, 5.41) is 21.3. The van der Waals surface area contributed by atoms with Gasteiger partial charge in [-0.1, -0.05) is 29.8 Å². The van der Waals surface area contributed by atoms with Crippen molar-refractivity contribution in [2.45, 2.75) is 26.0 Å². The zero-order valence-electron chi connectivity index (χ0n) is 15.1. The molecule has 0 saturated carbocycles. The van der Waals surface area contributed by atoms with Crippen LogP contribution in [0, 0.1) is 6.92 Å². The van der Waals surface area contributed by atoms with Gasteiger partial charge in [-0.3, -0.25) is 10.00 Å². The SMILES string of the molecule is Cc1ccc(-c2[nH]ncc2CNCC(C)(O)CN2CCOCC2)cc1. The molecular formula is C19H28N4O2. The largest absolute Gasteiger partial charge is 0.388 e. The molecule has 1 unspecified atom stereocenters. The number of ether oxygens (including phenoxy) is 1. The molecule has 0 amide bonds. The molecule has 2 aromatic rings. The number of nitrogens with one attached hydrogen (secondary N) is 2. The molecule has 1 aromatic carbocycles. The molecule has 1 aliphatic rings. The Kier molecular flexibility index (Phi) is 5.86. The third-order valence-electron chi connectivity index (χ3n) is 4.55. The Morgan fingerprint density at radius 2 is 2.00 bits per heavy atom. The van der Waals surface area contributed by atoms with Gasteiger partial charge in [0.05, 0.1) is 30.7 Å². The lowest BCUT2D eigenvalue weighted by Gasteiger charge is -2.34. The van der Waals surface area contributed by atoms with E-state index in [9.17, 15) is 5.11 Å². The first-order chi connectivity index (χ1) is 12.0. The molecule has 1 atom stereocenters. The number of benzene rings is 1. The molecule has 6 nitrogen and oxygen atoms in total. The second-order valence-corrected chi connectivity index (χ2v) is 7.13. The first-order valence-corrected chi connectivity index (χ1v) is 8.86. The molecule has 0 radical (unpaired) electrons. The summed E-state index contributed by atoms with van der Waals surface area (Å²) in [6.07, 6.45) is 1.85. The molecule has 2 heterocycles. The van der Waals surface area contributed by atoms with Crippen LogP contribution in [0.2, 0.25) is 0 Å². The van der Waals surface area contributed by atoms with Gasteiger partial charge in [0, 0.05) is 38.3 Å². The molecule has 1 aliphatic heterocycles. The van der Waals surface area contributed by atoms with Crippen molar-refractivity contribution in [1.82, 2.24) is 20.4 Å². The number of aromatic nitrogens is 2. The van der Waals surface area contributed by atoms with Crippen LogP contribution in [0.5, 0.6) is 0 Å². The van der Waals surface area contributed by atoms with Gasteiger partial charge in [0.1, 0.15) is 0 Å². The lowest BCUT2D eigenvalue weighted by molar-refractivity contribution is -0.0219. The quantitative estimate of drug-likeness (QED) is 0.711. The fourth-order valence-corrected chi connectivity index (χ4v) is 3.18. The predicted octanol–water partition coefficient (Wildman–Crippen LogP) is 1.56. The van der Waals surface area contributed by atoms with Gasteiger partial charge in [-0.15, -0.1) is 0 Å². The van der Waals surface area contributed by atoms with Gasteiger partial charge >= 0.3 is 0 Å². The van der Waals surface area contributed by atoms with E-state index < -0.39 is 5.60 Å². The average Bonchev–Trinajstić information content (AvgIpc) is 3.04. The lowest BCUT2D eigenvalue weighted by atomic mass is 10.0. The number of aromatic amines is 1. The Morgan fingerprint density at radius 1 is 1.28 bits per heavy atom. The van der Waals surface area contributed by atoms with Crippen LogP contribution < -0.4 is 5.32 Å². The minimum atomic E-state index is -0.773. The molecule has 25 heavy (non-hydrogen) atoms. The Balaban J connectivity index is 1.53. The molecular weight excluding hydrogens is 316 g/mol. The van der Waals surface area contributed by atoms with Crippen LogP contribution in [0.4, 0.5) is 0 Å². The predicted molar refractivity (Wildman–Crippen MR) is 98.4 cm³/mol. The number of β-amino-alcohol motifs (C(OH)–C–C–N with tert-alkyl or cyclic N) is 1. The molecule has 0 spiro atoms. The highest BCUT2D eigenvalue weighted by molar-refractivity contribution is 5.62. The first kappa shape index (κ1) is 18.1. The van der Waals surface area contributed by atoms with Gasteiger partial charge in [-0.25, -0.2) is 0 Å². The van der Waals surface area contributed by atoms with Crippen LogP contribution in [0.25, 0.3) is 11.3 Å². The minimum Gasteiger partial charge on any atom is -0.388 e. The average molecular weight is 344 g/mol. The smallest absolute Gasteiger partial charge is 0.0869 e. The molecule has 3 N–H and O–H groups in total. The zero-order valence-corrected chi connectivity index (χ0v) is 15.1. The number of aryl methyl sites for hydroxylation is 1. The number of morpholine rings is 1. The third kappa shape index (κ3) is 5.12. The van der Waals surface area contributed by atoms with Crippen LogP contribution in [0.1, 0.15) is 18.1 Å². The Bertz CT molecular complexity index is 660. The standard InChI is InChI=1S/C19H28N4O2/c1-15-3-5-16(6-4-15)18-17(12-21-22-18)11-20-13-19(2,24)14-23-7-9-25-10-8-23/h3-6,12,20,24H,7-11,13-14H2,1-2H3,(H,21,22). The van der Waals surface area contributed by atoms with Crippen molar-refractivity contribution in [2.75, 3.05) is 39.4 Å². The summed E-state index contributed by atoms with van der Waals surface area (Å²) < 4.78 is 5.36. The van der Waals surface area contributed by atoms with Crippen LogP contribution in [0.3, 0.4) is 0 Å². The summed E-state index contributed by atoms with van der Waals surface area (Å²) in [5.41, 5.74) is 3.72. The summed E-state index contributed by atoms with van der Waals surface area (Å²) in [6.45, 7) is 9.07. The van der Waals surface area contributed by atoms with Gasteiger partial charge < -0.3 is 15.2 Å². The summed E-state index contributed by atoms with van der Waals surface area (Å²) in [7, 11) is 0. The van der Waals surface area contributed by atoms with Crippen molar-refractivity contribution in [3.8, 4) is 11.3 Å². The lowest BCUT2D eigenvalue weighted by Crippen LogP contribution is -2.50. The maximum Gasteiger partial charge on any atom is 0.0869 e. The second-order valence-electron chi connectivity index (χ2n) is 7.13. The van der Waals surface area contributed by atoms with Crippen LogP contribution in [0.15, 0.2) is 30.5 Å². The fourth-order valence-electron chi connectivity index (χ4n) is 3.18. The molecule has 1 fully saturated rings. The van der Waals surface area contributed by atoms with Crippen LogP contribution >= 0.6 is 0 Å². The highest BCUT2D eigenvalue weighted by atomic mass is 16.5. The maximum absolute atomic E-state index is 10.6. The van der Waals surface area contributed by atoms with E-state index in [0.717, 1.165) is 43.1 Å². The van der Waals surface area contributed by atoms with Gasteiger partial charge in [0.2, 0.25) is 0 Å². The Morgan fingerprint density at radius 3 is 2.72 bits per heavy atom. The van der Waals surface area contributed by atoms with E-state index >= 15 is 0 Å². The van der Waals surface area contributed by atoms with Crippen LogP contribution in [-0.2, 0) is 11.3 Å². The molecule has 6 heteroatoms. The van der Waals surface area contributed by atoms with E-state index in [4.69, 9.17) is 4.74 Å². The number of rotatable bonds is 7. The van der Waals surface area contributed by atoms with E-state index in [1.807, 2.05) is 13.1 Å². The number of nitrogens with zero attached hydrogens (tertiary/aromatic N) is 2. The molecule has 1 saturated heterocycles. The van der Waals surface area contributed by atoms with Gasteiger partial charge in [0.25, 0.3) is 0 Å². The minimum absolute atomic E-state index is 0.531. The van der Waals surface area contributed by atoms with E-state index in [2.05, 4.69) is 51.6 Å². The molecule has 136 valence electrons. The van der Waals surface area contributed by atoms with Crippen molar-refractivity contribution in [3.63, 3.8) is 0 Å². The summed E-state index contributed by atoms with van der Waals surface area (Å²) in [5.74, 6) is 0. The molecule has 1 aromatic heterocycles. The topological polar surface area (TPSA) is 73.4 Å². The van der Waals surface area contributed by atoms with E-state index in [0.29, 0.717) is 19.6 Å². The fraction of sp³-hybridized carbons (Fsp3) is 0.526. The monoisotopic (exact) mass is 344 g/mol.